The molecule has 0 bridgehead atoms. The maximum absolute atomic E-state index is 13.0. The number of carbonyl (C=O) groups excluding carboxylic acids is 3. The van der Waals surface area contributed by atoms with E-state index in [1.165, 1.54) is 26.4 Å². The van der Waals surface area contributed by atoms with E-state index < -0.39 is 30.5 Å². The minimum Gasteiger partial charge on any atom is -0.469 e. The monoisotopic (exact) mass is 448 g/mol. The number of anilines is 1. The molecule has 0 saturated heterocycles. The quantitative estimate of drug-likeness (QED) is 0.506. The number of hydrogen-bond acceptors (Lipinski definition) is 9. The van der Waals surface area contributed by atoms with Crippen molar-refractivity contribution in [1.29, 1.82) is 0 Å². The van der Waals surface area contributed by atoms with Crippen LogP contribution in [0.2, 0.25) is 0 Å². The first kappa shape index (κ1) is 24.5. The fourth-order valence-electron chi connectivity index (χ4n) is 2.67. The Morgan fingerprint density at radius 3 is 2.38 bits per heavy atom. The van der Waals surface area contributed by atoms with Crippen molar-refractivity contribution in [3.05, 3.63) is 47.8 Å². The lowest BCUT2D eigenvalue weighted by atomic mass is 10.1. The minimum absolute atomic E-state index is 0.0278. The van der Waals surface area contributed by atoms with Crippen LogP contribution in [0.1, 0.15) is 18.4 Å². The van der Waals surface area contributed by atoms with Crippen LogP contribution in [0.5, 0.6) is 5.88 Å². The first-order valence-electron chi connectivity index (χ1n) is 9.68. The van der Waals surface area contributed by atoms with Crippen LogP contribution in [0.4, 0.5) is 10.2 Å². The molecule has 0 aliphatic heterocycles. The molecule has 1 aromatic carbocycles. The molecule has 0 aliphatic carbocycles. The number of nitrogens with one attached hydrogen (secondary N) is 1. The first-order chi connectivity index (χ1) is 15.3. The summed E-state index contributed by atoms with van der Waals surface area (Å²) >= 11 is 0. The SMILES string of the molecule is COC(=O)CC[C@H](NC(=O)COc1ccc(N(C)Cc2ccc(F)cc2)nn1)C(=O)OC. The molecule has 1 amide bonds. The van der Waals surface area contributed by atoms with Crippen molar-refractivity contribution >= 4 is 23.7 Å². The van der Waals surface area contributed by atoms with Crippen molar-refractivity contribution in [2.24, 2.45) is 0 Å². The molecule has 1 heterocycles. The topological polar surface area (TPSA) is 120 Å². The summed E-state index contributed by atoms with van der Waals surface area (Å²) in [4.78, 5) is 37.0. The van der Waals surface area contributed by atoms with Crippen molar-refractivity contribution in [1.82, 2.24) is 15.5 Å². The average Bonchev–Trinajstić information content (AvgIpc) is 2.81. The van der Waals surface area contributed by atoms with Gasteiger partial charge in [0.15, 0.2) is 12.4 Å². The Morgan fingerprint density at radius 2 is 1.78 bits per heavy atom. The van der Waals surface area contributed by atoms with Crippen molar-refractivity contribution in [3.8, 4) is 5.88 Å². The van der Waals surface area contributed by atoms with Gasteiger partial charge in [0.1, 0.15) is 11.9 Å². The van der Waals surface area contributed by atoms with E-state index in [0.717, 1.165) is 5.56 Å². The second kappa shape index (κ2) is 12.2. The fraction of sp³-hybridized carbons (Fsp3) is 0.381. The Morgan fingerprint density at radius 1 is 1.06 bits per heavy atom. The van der Waals surface area contributed by atoms with Crippen LogP contribution in [0.25, 0.3) is 0 Å². The molecule has 11 heteroatoms. The number of amides is 1. The van der Waals surface area contributed by atoms with Crippen molar-refractivity contribution in [2.45, 2.75) is 25.4 Å². The smallest absolute Gasteiger partial charge is 0.328 e. The molecule has 2 aromatic rings. The molecule has 0 fully saturated rings. The molecule has 0 aliphatic rings. The predicted molar refractivity (Wildman–Crippen MR) is 111 cm³/mol. The van der Waals surface area contributed by atoms with Crippen molar-refractivity contribution in [3.63, 3.8) is 0 Å². The zero-order chi connectivity index (χ0) is 23.5. The van der Waals surface area contributed by atoms with E-state index >= 15 is 0 Å². The number of carbonyl (C=O) groups is 3. The normalized spacial score (nSPS) is 11.2. The second-order valence-electron chi connectivity index (χ2n) is 6.76. The number of hydrogen-bond donors (Lipinski definition) is 1. The molecule has 172 valence electrons. The molecule has 10 nitrogen and oxygen atoms in total. The maximum atomic E-state index is 13.0. The number of esters is 2. The Balaban J connectivity index is 1.85. The van der Waals surface area contributed by atoms with E-state index in [9.17, 15) is 18.8 Å². The molecule has 1 aromatic heterocycles. The van der Waals surface area contributed by atoms with Crippen LogP contribution < -0.4 is 15.0 Å². The lowest BCUT2D eigenvalue weighted by Gasteiger charge is -2.18. The molecular formula is C21H25FN4O6. The highest BCUT2D eigenvalue weighted by molar-refractivity contribution is 5.85. The van der Waals surface area contributed by atoms with Gasteiger partial charge >= 0.3 is 11.9 Å². The summed E-state index contributed by atoms with van der Waals surface area (Å²) in [5.74, 6) is -1.42. The molecule has 0 saturated carbocycles. The Labute approximate surface area is 184 Å². The summed E-state index contributed by atoms with van der Waals surface area (Å²) in [5.41, 5.74) is 0.903. The highest BCUT2D eigenvalue weighted by Gasteiger charge is 2.23. The molecule has 32 heavy (non-hydrogen) atoms. The van der Waals surface area contributed by atoms with Gasteiger partial charge in [-0.1, -0.05) is 12.1 Å². The third-order valence-electron chi connectivity index (χ3n) is 4.39. The fourth-order valence-corrected chi connectivity index (χ4v) is 2.67. The highest BCUT2D eigenvalue weighted by atomic mass is 19.1. The summed E-state index contributed by atoms with van der Waals surface area (Å²) in [6.45, 7) is 0.0865. The van der Waals surface area contributed by atoms with Gasteiger partial charge in [0, 0.05) is 26.1 Å². The van der Waals surface area contributed by atoms with Gasteiger partial charge in [-0.05, 0) is 30.2 Å². The van der Waals surface area contributed by atoms with Crippen LogP contribution >= 0.6 is 0 Å². The van der Waals surface area contributed by atoms with E-state index in [2.05, 4.69) is 25.0 Å². The van der Waals surface area contributed by atoms with Gasteiger partial charge in [-0.3, -0.25) is 9.59 Å². The third-order valence-corrected chi connectivity index (χ3v) is 4.39. The summed E-state index contributed by atoms with van der Waals surface area (Å²) in [5, 5.41) is 10.4. The molecule has 0 unspecified atom stereocenters. The maximum Gasteiger partial charge on any atom is 0.328 e. The predicted octanol–water partition coefficient (Wildman–Crippen LogP) is 1.24. The van der Waals surface area contributed by atoms with E-state index in [0.29, 0.717) is 12.4 Å². The van der Waals surface area contributed by atoms with Crippen LogP contribution in [-0.2, 0) is 30.4 Å². The van der Waals surface area contributed by atoms with Gasteiger partial charge in [0.25, 0.3) is 5.91 Å². The molecule has 2 rings (SSSR count). The third kappa shape index (κ3) is 7.82. The standard InChI is InChI=1S/C21H25FN4O6/c1-26(12-14-4-6-15(22)7-5-14)17-9-10-19(25-24-17)32-13-18(27)23-16(21(29)31-3)8-11-20(28)30-2/h4-7,9-10,16H,8,11-13H2,1-3H3,(H,23,27)/t16-/m0/s1. The number of nitrogens with zero attached hydrogens (tertiary/aromatic N) is 3. The van der Waals surface area contributed by atoms with Gasteiger partial charge in [-0.2, -0.15) is 0 Å². The van der Waals surface area contributed by atoms with E-state index in [4.69, 9.17) is 4.74 Å². The van der Waals surface area contributed by atoms with Gasteiger partial charge in [-0.15, -0.1) is 10.2 Å². The van der Waals surface area contributed by atoms with Crippen molar-refractivity contribution in [2.75, 3.05) is 32.8 Å². The Hall–Kier alpha value is -3.76. The van der Waals surface area contributed by atoms with Crippen LogP contribution in [0, 0.1) is 5.82 Å². The first-order valence-corrected chi connectivity index (χ1v) is 9.68. The number of aromatic nitrogens is 2. The number of rotatable bonds is 11. The van der Waals surface area contributed by atoms with Gasteiger partial charge in [0.05, 0.1) is 14.2 Å². The zero-order valence-electron chi connectivity index (χ0n) is 18.0. The average molecular weight is 448 g/mol. The van der Waals surface area contributed by atoms with E-state index in [1.807, 2.05) is 11.9 Å². The largest absolute Gasteiger partial charge is 0.469 e. The lowest BCUT2D eigenvalue weighted by molar-refractivity contribution is -0.146. The number of benzene rings is 1. The lowest BCUT2D eigenvalue weighted by Crippen LogP contribution is -2.43. The number of ether oxygens (including phenoxy) is 3. The Bertz CT molecular complexity index is 908. The van der Waals surface area contributed by atoms with Gasteiger partial charge in [0.2, 0.25) is 5.88 Å². The summed E-state index contributed by atoms with van der Waals surface area (Å²) in [6.07, 6.45) is -0.0320. The molecule has 0 radical (unpaired) electrons. The number of halogens is 1. The van der Waals surface area contributed by atoms with Crippen LogP contribution in [0.15, 0.2) is 36.4 Å². The highest BCUT2D eigenvalue weighted by Crippen LogP contribution is 2.15. The van der Waals surface area contributed by atoms with E-state index in [1.54, 1.807) is 24.3 Å². The second-order valence-corrected chi connectivity index (χ2v) is 6.76. The van der Waals surface area contributed by atoms with Crippen molar-refractivity contribution < 1.29 is 33.0 Å². The van der Waals surface area contributed by atoms with Crippen LogP contribution in [-0.4, -0.2) is 62.0 Å². The van der Waals surface area contributed by atoms with E-state index in [-0.39, 0.29) is 24.5 Å². The Kier molecular flexibility index (Phi) is 9.33. The zero-order valence-corrected chi connectivity index (χ0v) is 18.0. The van der Waals surface area contributed by atoms with Gasteiger partial charge in [-0.25, -0.2) is 9.18 Å². The summed E-state index contributed by atoms with van der Waals surface area (Å²) < 4.78 is 27.5. The summed E-state index contributed by atoms with van der Waals surface area (Å²) in [6, 6.07) is 8.34. The van der Waals surface area contributed by atoms with Gasteiger partial charge < -0.3 is 24.4 Å². The number of methoxy groups -OCH3 is 2. The molecule has 0 spiro atoms. The molecule has 1 atom stereocenters. The summed E-state index contributed by atoms with van der Waals surface area (Å²) in [7, 11) is 4.22. The minimum atomic E-state index is -1.01. The van der Waals surface area contributed by atoms with Crippen LogP contribution in [0.3, 0.4) is 0 Å². The molecule has 1 N–H and O–H groups in total. The molecular weight excluding hydrogens is 423 g/mol.